The van der Waals surface area contributed by atoms with Crippen LogP contribution in [0.2, 0.25) is 0 Å². The predicted molar refractivity (Wildman–Crippen MR) is 69.8 cm³/mol. The zero-order valence-corrected chi connectivity index (χ0v) is 10.4. The van der Waals surface area contributed by atoms with Gasteiger partial charge in [0.1, 0.15) is 0 Å². The second-order valence-corrected chi connectivity index (χ2v) is 4.90. The van der Waals surface area contributed by atoms with Crippen LogP contribution in [0.1, 0.15) is 34.5 Å². The van der Waals surface area contributed by atoms with Crippen molar-refractivity contribution in [2.24, 2.45) is 0 Å². The van der Waals surface area contributed by atoms with Crippen LogP contribution in [0.4, 0.5) is 0 Å². The van der Waals surface area contributed by atoms with Gasteiger partial charge in [-0.3, -0.25) is 4.79 Å². The molecule has 0 spiro atoms. The SMILES string of the molecule is CC1=C2C(=O)c3cc(C)ccc3C2NC(=S)N1. The fraction of sp³-hybridized carbons (Fsp3) is 0.231. The number of ketones is 1. The number of carbonyl (C=O) groups is 1. The fourth-order valence-corrected chi connectivity index (χ4v) is 2.76. The Balaban J connectivity index is 2.24. The molecule has 3 rings (SSSR count). The first-order chi connectivity index (χ1) is 8.08. The maximum absolute atomic E-state index is 12.3. The third kappa shape index (κ3) is 1.41. The number of allylic oxidation sites excluding steroid dienone is 1. The van der Waals surface area contributed by atoms with E-state index in [2.05, 4.69) is 10.6 Å². The summed E-state index contributed by atoms with van der Waals surface area (Å²) in [7, 11) is 0. The highest BCUT2D eigenvalue weighted by Gasteiger charge is 2.38. The Kier molecular flexibility index (Phi) is 2.10. The molecule has 1 aliphatic heterocycles. The van der Waals surface area contributed by atoms with E-state index in [0.717, 1.165) is 28.0 Å². The molecule has 0 saturated heterocycles. The highest BCUT2D eigenvalue weighted by molar-refractivity contribution is 7.80. The summed E-state index contributed by atoms with van der Waals surface area (Å²) in [5.41, 5.74) is 4.57. The zero-order valence-electron chi connectivity index (χ0n) is 9.63. The standard InChI is InChI=1S/C13H12N2OS/c1-6-3-4-8-9(5-6)12(16)10-7(2)14-13(17)15-11(8)10/h3-5,11H,1-2H3,(H2,14,15,17). The Morgan fingerprint density at radius 2 is 2.06 bits per heavy atom. The molecule has 0 fully saturated rings. The molecule has 0 amide bonds. The van der Waals surface area contributed by atoms with Crippen LogP contribution in [0.25, 0.3) is 0 Å². The van der Waals surface area contributed by atoms with Gasteiger partial charge in [-0.25, -0.2) is 0 Å². The summed E-state index contributed by atoms with van der Waals surface area (Å²) < 4.78 is 0. The van der Waals surface area contributed by atoms with Crippen LogP contribution < -0.4 is 10.6 Å². The minimum Gasteiger partial charge on any atom is -0.351 e. The lowest BCUT2D eigenvalue weighted by Crippen LogP contribution is -2.42. The Hall–Kier alpha value is -1.68. The van der Waals surface area contributed by atoms with Crippen LogP contribution in [0.15, 0.2) is 29.5 Å². The summed E-state index contributed by atoms with van der Waals surface area (Å²) in [6.45, 7) is 3.89. The lowest BCUT2D eigenvalue weighted by Gasteiger charge is -2.25. The minimum atomic E-state index is -0.0770. The van der Waals surface area contributed by atoms with Crippen LogP contribution in [0, 0.1) is 6.92 Å². The normalized spacial score (nSPS) is 21.9. The quantitative estimate of drug-likeness (QED) is 0.685. The number of hydrogen-bond donors (Lipinski definition) is 2. The smallest absolute Gasteiger partial charge is 0.193 e. The van der Waals surface area contributed by atoms with E-state index in [1.807, 2.05) is 32.0 Å². The molecule has 1 aliphatic carbocycles. The predicted octanol–water partition coefficient (Wildman–Crippen LogP) is 1.98. The summed E-state index contributed by atoms with van der Waals surface area (Å²) in [6, 6.07) is 5.90. The van der Waals surface area contributed by atoms with Crippen molar-refractivity contribution in [2.75, 3.05) is 0 Å². The summed E-state index contributed by atoms with van der Waals surface area (Å²) >= 11 is 5.13. The second-order valence-electron chi connectivity index (χ2n) is 4.49. The Morgan fingerprint density at radius 1 is 1.29 bits per heavy atom. The van der Waals surface area contributed by atoms with E-state index in [0.29, 0.717) is 5.11 Å². The van der Waals surface area contributed by atoms with Gasteiger partial charge in [-0.1, -0.05) is 17.7 Å². The molecule has 2 N–H and O–H groups in total. The summed E-state index contributed by atoms with van der Waals surface area (Å²) in [5.74, 6) is 0.105. The molecule has 1 heterocycles. The van der Waals surface area contributed by atoms with Gasteiger partial charge in [-0.05, 0) is 37.7 Å². The average molecular weight is 244 g/mol. The topological polar surface area (TPSA) is 41.1 Å². The van der Waals surface area contributed by atoms with Gasteiger partial charge in [0.25, 0.3) is 0 Å². The van der Waals surface area contributed by atoms with E-state index in [1.165, 1.54) is 0 Å². The molecule has 1 unspecified atom stereocenters. The molecular weight excluding hydrogens is 232 g/mol. The van der Waals surface area contributed by atoms with Crippen LogP contribution in [0.5, 0.6) is 0 Å². The number of nitrogens with one attached hydrogen (secondary N) is 2. The molecule has 2 aliphatic rings. The minimum absolute atomic E-state index is 0.0770. The van der Waals surface area contributed by atoms with E-state index in [9.17, 15) is 4.79 Å². The van der Waals surface area contributed by atoms with Crippen molar-refractivity contribution in [1.29, 1.82) is 0 Å². The Labute approximate surface area is 105 Å². The lowest BCUT2D eigenvalue weighted by molar-refractivity contribution is 0.103. The van der Waals surface area contributed by atoms with Crippen molar-refractivity contribution in [3.63, 3.8) is 0 Å². The highest BCUT2D eigenvalue weighted by atomic mass is 32.1. The van der Waals surface area contributed by atoms with Crippen LogP contribution >= 0.6 is 12.2 Å². The van der Waals surface area contributed by atoms with Crippen molar-refractivity contribution in [2.45, 2.75) is 19.9 Å². The van der Waals surface area contributed by atoms with E-state index >= 15 is 0 Å². The lowest BCUT2D eigenvalue weighted by atomic mass is 10.0. The zero-order chi connectivity index (χ0) is 12.2. The van der Waals surface area contributed by atoms with Crippen molar-refractivity contribution >= 4 is 23.1 Å². The van der Waals surface area contributed by atoms with Gasteiger partial charge in [-0.15, -0.1) is 0 Å². The number of fused-ring (bicyclic) bond motifs is 3. The van der Waals surface area contributed by atoms with Gasteiger partial charge in [0.15, 0.2) is 10.9 Å². The van der Waals surface area contributed by atoms with Gasteiger partial charge in [0.05, 0.1) is 6.04 Å². The number of aryl methyl sites for hydroxylation is 1. The van der Waals surface area contributed by atoms with Gasteiger partial charge < -0.3 is 10.6 Å². The Bertz CT molecular complexity index is 589. The fourth-order valence-electron chi connectivity index (χ4n) is 2.49. The Morgan fingerprint density at radius 3 is 2.82 bits per heavy atom. The molecule has 0 bridgehead atoms. The number of hydrogen-bond acceptors (Lipinski definition) is 2. The first-order valence-electron chi connectivity index (χ1n) is 5.51. The molecule has 4 heteroatoms. The van der Waals surface area contributed by atoms with Crippen molar-refractivity contribution < 1.29 is 4.79 Å². The molecular formula is C13H12N2OS. The maximum Gasteiger partial charge on any atom is 0.193 e. The summed E-state index contributed by atoms with van der Waals surface area (Å²) in [4.78, 5) is 12.3. The van der Waals surface area contributed by atoms with Crippen molar-refractivity contribution in [1.82, 2.24) is 10.6 Å². The molecule has 1 atom stereocenters. The molecule has 1 aromatic carbocycles. The molecule has 0 radical (unpaired) electrons. The number of Topliss-reactive ketones (excluding diaryl/α,β-unsaturated/α-hetero) is 1. The second kappa shape index (κ2) is 3.40. The molecule has 1 aromatic rings. The molecule has 17 heavy (non-hydrogen) atoms. The number of carbonyl (C=O) groups excluding carboxylic acids is 1. The third-order valence-corrected chi connectivity index (χ3v) is 3.50. The van der Waals surface area contributed by atoms with Crippen molar-refractivity contribution in [3.05, 3.63) is 46.2 Å². The summed E-state index contributed by atoms with van der Waals surface area (Å²) in [6.07, 6.45) is 0. The largest absolute Gasteiger partial charge is 0.351 e. The number of benzene rings is 1. The average Bonchev–Trinajstić information content (AvgIpc) is 2.52. The molecule has 0 aromatic heterocycles. The first kappa shape index (κ1) is 10.5. The van der Waals surface area contributed by atoms with Gasteiger partial charge >= 0.3 is 0 Å². The van der Waals surface area contributed by atoms with Gasteiger partial charge in [0.2, 0.25) is 0 Å². The van der Waals surface area contributed by atoms with Crippen LogP contribution in [0.3, 0.4) is 0 Å². The van der Waals surface area contributed by atoms with E-state index < -0.39 is 0 Å². The number of rotatable bonds is 0. The van der Waals surface area contributed by atoms with E-state index in [1.54, 1.807) is 0 Å². The van der Waals surface area contributed by atoms with Gasteiger partial charge in [-0.2, -0.15) is 0 Å². The first-order valence-corrected chi connectivity index (χ1v) is 5.92. The number of thiocarbonyl (C=S) groups is 1. The van der Waals surface area contributed by atoms with E-state index in [-0.39, 0.29) is 11.8 Å². The third-order valence-electron chi connectivity index (χ3n) is 3.28. The highest BCUT2D eigenvalue weighted by Crippen LogP contribution is 2.38. The van der Waals surface area contributed by atoms with Gasteiger partial charge in [0, 0.05) is 16.8 Å². The molecule has 86 valence electrons. The van der Waals surface area contributed by atoms with Crippen LogP contribution in [-0.4, -0.2) is 10.9 Å². The van der Waals surface area contributed by atoms with E-state index in [4.69, 9.17) is 12.2 Å². The molecule has 3 nitrogen and oxygen atoms in total. The molecule has 0 saturated carbocycles. The monoisotopic (exact) mass is 244 g/mol. The maximum atomic E-state index is 12.3. The summed E-state index contributed by atoms with van der Waals surface area (Å²) in [5, 5.41) is 6.75. The van der Waals surface area contributed by atoms with Crippen molar-refractivity contribution in [3.8, 4) is 0 Å². The van der Waals surface area contributed by atoms with Crippen LogP contribution in [-0.2, 0) is 0 Å².